The van der Waals surface area contributed by atoms with E-state index in [4.69, 9.17) is 9.15 Å². The number of carbonyl (C=O) groups excluding carboxylic acids is 1. The molecule has 162 valence electrons. The number of aromatic nitrogens is 2. The number of ether oxygens (including phenoxy) is 1. The number of hydrogen-bond acceptors (Lipinski definition) is 6. The van der Waals surface area contributed by atoms with Crippen molar-refractivity contribution in [1.82, 2.24) is 9.66 Å². The smallest absolute Gasteiger partial charge is 0.379 e. The number of nitrogens with zero attached hydrogens (tertiary/aromatic N) is 3. The zero-order valence-corrected chi connectivity index (χ0v) is 20.3. The molecule has 0 bridgehead atoms. The highest BCUT2D eigenvalue weighted by molar-refractivity contribution is 9.11. The maximum atomic E-state index is 13.1. The molecule has 0 aliphatic rings. The van der Waals surface area contributed by atoms with Gasteiger partial charge in [-0.05, 0) is 52.3 Å². The van der Waals surface area contributed by atoms with Gasteiger partial charge < -0.3 is 9.15 Å². The second kappa shape index (κ2) is 9.22. The number of esters is 1. The molecule has 0 atom stereocenters. The minimum absolute atomic E-state index is 0.0463. The van der Waals surface area contributed by atoms with Gasteiger partial charge in [-0.25, -0.2) is 9.78 Å². The summed E-state index contributed by atoms with van der Waals surface area (Å²) in [6.45, 7) is 3.88. The van der Waals surface area contributed by atoms with Gasteiger partial charge in [0.15, 0.2) is 5.75 Å². The molecule has 2 heterocycles. The molecule has 32 heavy (non-hydrogen) atoms. The Morgan fingerprint density at radius 3 is 2.69 bits per heavy atom. The molecule has 0 aliphatic heterocycles. The van der Waals surface area contributed by atoms with Gasteiger partial charge in [0.25, 0.3) is 5.56 Å². The summed E-state index contributed by atoms with van der Waals surface area (Å²) >= 11 is 6.85. The summed E-state index contributed by atoms with van der Waals surface area (Å²) in [5, 5.41) is 4.89. The van der Waals surface area contributed by atoms with Crippen molar-refractivity contribution in [2.45, 2.75) is 19.8 Å². The van der Waals surface area contributed by atoms with Crippen LogP contribution in [0.2, 0.25) is 0 Å². The van der Waals surface area contributed by atoms with Crippen LogP contribution >= 0.6 is 31.9 Å². The first-order valence-corrected chi connectivity index (χ1v) is 11.2. The average molecular weight is 559 g/mol. The Hall–Kier alpha value is -3.04. The predicted molar refractivity (Wildman–Crippen MR) is 129 cm³/mol. The minimum atomic E-state index is -0.653. The van der Waals surface area contributed by atoms with Gasteiger partial charge in [0, 0.05) is 16.0 Å². The van der Waals surface area contributed by atoms with E-state index in [1.54, 1.807) is 36.4 Å². The summed E-state index contributed by atoms with van der Waals surface area (Å²) in [6, 6.07) is 13.7. The maximum Gasteiger partial charge on any atom is 0.379 e. The molecule has 4 rings (SSSR count). The van der Waals surface area contributed by atoms with E-state index in [2.05, 4.69) is 41.9 Å². The molecule has 2 aromatic carbocycles. The van der Waals surface area contributed by atoms with E-state index >= 15 is 0 Å². The molecule has 0 fully saturated rings. The summed E-state index contributed by atoms with van der Waals surface area (Å²) in [6.07, 6.45) is 2.85. The molecule has 2 aromatic heterocycles. The first-order valence-electron chi connectivity index (χ1n) is 9.66. The molecule has 0 N–H and O–H groups in total. The lowest BCUT2D eigenvalue weighted by molar-refractivity contribution is 0.0700. The topological polar surface area (TPSA) is 86.7 Å². The molecular formula is C23H17Br2N3O4. The highest BCUT2D eigenvalue weighted by Gasteiger charge is 2.18. The van der Waals surface area contributed by atoms with Gasteiger partial charge in [-0.2, -0.15) is 9.78 Å². The SMILES string of the molecule is CC(C)c1nc2ccccc2c(=O)n1N=Cc1cc(Br)cc(Br)c1OC(=O)c1ccco1. The number of fused-ring (bicyclic) bond motifs is 1. The first-order chi connectivity index (χ1) is 15.3. The summed E-state index contributed by atoms with van der Waals surface area (Å²) in [5.74, 6) is 0.133. The summed E-state index contributed by atoms with van der Waals surface area (Å²) in [7, 11) is 0. The van der Waals surface area contributed by atoms with Gasteiger partial charge in [0.1, 0.15) is 5.82 Å². The number of furan rings is 1. The van der Waals surface area contributed by atoms with E-state index in [9.17, 15) is 9.59 Å². The molecule has 4 aromatic rings. The first kappa shape index (κ1) is 22.2. The van der Waals surface area contributed by atoms with Crippen molar-refractivity contribution in [3.8, 4) is 5.75 Å². The van der Waals surface area contributed by atoms with Crippen molar-refractivity contribution >= 4 is 54.9 Å². The Kier molecular flexibility index (Phi) is 6.38. The lowest BCUT2D eigenvalue weighted by atomic mass is 10.2. The van der Waals surface area contributed by atoms with Crippen LogP contribution in [0.3, 0.4) is 0 Å². The van der Waals surface area contributed by atoms with Crippen molar-refractivity contribution in [3.63, 3.8) is 0 Å². The monoisotopic (exact) mass is 557 g/mol. The van der Waals surface area contributed by atoms with Gasteiger partial charge in [-0.3, -0.25) is 4.79 Å². The van der Waals surface area contributed by atoms with Crippen LogP contribution in [-0.2, 0) is 0 Å². The van der Waals surface area contributed by atoms with Crippen LogP contribution in [0.1, 0.15) is 41.7 Å². The molecule has 0 saturated carbocycles. The lowest BCUT2D eigenvalue weighted by Crippen LogP contribution is -2.23. The molecule has 9 heteroatoms. The van der Waals surface area contributed by atoms with Gasteiger partial charge in [-0.15, -0.1) is 0 Å². The Morgan fingerprint density at radius 2 is 1.97 bits per heavy atom. The van der Waals surface area contributed by atoms with Crippen molar-refractivity contribution in [3.05, 3.63) is 91.2 Å². The van der Waals surface area contributed by atoms with Crippen LogP contribution in [0.15, 0.2) is 78.1 Å². The fourth-order valence-electron chi connectivity index (χ4n) is 3.07. The molecule has 0 saturated heterocycles. The second-order valence-electron chi connectivity index (χ2n) is 7.18. The maximum absolute atomic E-state index is 13.1. The largest absolute Gasteiger partial charge is 0.457 e. The second-order valence-corrected chi connectivity index (χ2v) is 8.95. The van der Waals surface area contributed by atoms with E-state index in [-0.39, 0.29) is 23.0 Å². The third-order valence-corrected chi connectivity index (χ3v) is 5.61. The van der Waals surface area contributed by atoms with E-state index in [0.717, 1.165) is 4.47 Å². The molecule has 0 unspecified atom stereocenters. The minimum Gasteiger partial charge on any atom is -0.457 e. The number of para-hydroxylation sites is 1. The number of carbonyl (C=O) groups is 1. The van der Waals surface area contributed by atoms with Crippen LogP contribution < -0.4 is 10.3 Å². The Labute approximate surface area is 200 Å². The van der Waals surface area contributed by atoms with Gasteiger partial charge in [0.05, 0.1) is 27.9 Å². The van der Waals surface area contributed by atoms with Crippen molar-refractivity contribution in [1.29, 1.82) is 0 Å². The third-order valence-electron chi connectivity index (χ3n) is 4.56. The lowest BCUT2D eigenvalue weighted by Gasteiger charge is -2.12. The van der Waals surface area contributed by atoms with Crippen molar-refractivity contribution in [2.75, 3.05) is 0 Å². The molecule has 0 radical (unpaired) electrons. The normalized spacial score (nSPS) is 11.5. The summed E-state index contributed by atoms with van der Waals surface area (Å²) < 4.78 is 13.2. The van der Waals surface area contributed by atoms with Gasteiger partial charge >= 0.3 is 5.97 Å². The van der Waals surface area contributed by atoms with E-state index in [1.165, 1.54) is 23.2 Å². The Balaban J connectivity index is 1.81. The van der Waals surface area contributed by atoms with E-state index < -0.39 is 5.97 Å². The predicted octanol–water partition coefficient (Wildman–Crippen LogP) is 5.74. The quantitative estimate of drug-likeness (QED) is 0.177. The molecular weight excluding hydrogens is 542 g/mol. The van der Waals surface area contributed by atoms with Crippen LogP contribution in [0.4, 0.5) is 0 Å². The molecule has 0 aliphatic carbocycles. The number of benzene rings is 2. The highest BCUT2D eigenvalue weighted by Crippen LogP contribution is 2.33. The van der Waals surface area contributed by atoms with Crippen LogP contribution in [-0.4, -0.2) is 21.8 Å². The van der Waals surface area contributed by atoms with E-state index in [1.807, 2.05) is 19.9 Å². The van der Waals surface area contributed by atoms with Crippen molar-refractivity contribution in [2.24, 2.45) is 5.10 Å². The zero-order valence-electron chi connectivity index (χ0n) is 17.1. The van der Waals surface area contributed by atoms with Crippen LogP contribution in [0.5, 0.6) is 5.75 Å². The Bertz CT molecular complexity index is 1390. The van der Waals surface area contributed by atoms with Gasteiger partial charge in [-0.1, -0.05) is 41.9 Å². The fraction of sp³-hybridized carbons (Fsp3) is 0.130. The number of rotatable bonds is 5. The van der Waals surface area contributed by atoms with Crippen molar-refractivity contribution < 1.29 is 13.9 Å². The fourth-order valence-corrected chi connectivity index (χ4v) is 4.41. The molecule has 0 spiro atoms. The Morgan fingerprint density at radius 1 is 1.19 bits per heavy atom. The van der Waals surface area contributed by atoms with Gasteiger partial charge in [0.2, 0.25) is 5.76 Å². The summed E-state index contributed by atoms with van der Waals surface area (Å²) in [5.41, 5.74) is 0.811. The van der Waals surface area contributed by atoms with Crippen LogP contribution in [0, 0.1) is 0 Å². The average Bonchev–Trinajstić information content (AvgIpc) is 3.30. The zero-order chi connectivity index (χ0) is 22.8. The molecule has 7 nitrogen and oxygen atoms in total. The number of hydrogen-bond donors (Lipinski definition) is 0. The van der Waals surface area contributed by atoms with E-state index in [0.29, 0.717) is 26.8 Å². The summed E-state index contributed by atoms with van der Waals surface area (Å²) in [4.78, 5) is 30.2. The van der Waals surface area contributed by atoms with Crippen LogP contribution in [0.25, 0.3) is 10.9 Å². The highest BCUT2D eigenvalue weighted by atomic mass is 79.9. The number of halogens is 2. The standard InChI is InChI=1S/C23H17Br2N3O4/c1-13(2)21-27-18-7-4-3-6-16(18)22(29)28(21)26-12-14-10-15(24)11-17(25)20(14)32-23(30)19-8-5-9-31-19/h3-13H,1-2H3. The molecule has 0 amide bonds. The third kappa shape index (κ3) is 4.44.